The fourth-order valence-electron chi connectivity index (χ4n) is 2.06. The molecule has 1 aromatic rings. The van der Waals surface area contributed by atoms with E-state index in [1.54, 1.807) is 12.2 Å². The standard InChI is InChI=1S/C16H20N2O/c19-16(15-9-3-4-10-15)17-11-5-1-2-6-12-18-13-7-8-14-18/h3-4,7-9,13-14H,1-2,5-6,11-12H2,(H,17,19). The summed E-state index contributed by atoms with van der Waals surface area (Å²) >= 11 is 0. The van der Waals surface area contributed by atoms with Gasteiger partial charge in [0.1, 0.15) is 0 Å². The van der Waals surface area contributed by atoms with Crippen LogP contribution in [0.25, 0.3) is 0 Å². The van der Waals surface area contributed by atoms with Crippen molar-refractivity contribution in [3.63, 3.8) is 0 Å². The van der Waals surface area contributed by atoms with Crippen molar-refractivity contribution in [2.75, 3.05) is 6.54 Å². The highest BCUT2D eigenvalue weighted by atomic mass is 16.1. The number of amides is 1. The second-order valence-electron chi connectivity index (χ2n) is 4.67. The van der Waals surface area contributed by atoms with E-state index in [1.807, 2.05) is 6.08 Å². The SMILES string of the molecule is O=C(NCCCCCCn1cccc1)C1=C=CC=C1. The van der Waals surface area contributed by atoms with E-state index in [9.17, 15) is 4.79 Å². The van der Waals surface area contributed by atoms with E-state index >= 15 is 0 Å². The normalized spacial score (nSPS) is 12.7. The first-order valence-electron chi connectivity index (χ1n) is 6.88. The number of rotatable bonds is 8. The Morgan fingerprint density at radius 1 is 1.16 bits per heavy atom. The number of nitrogens with one attached hydrogen (secondary N) is 1. The van der Waals surface area contributed by atoms with Crippen molar-refractivity contribution < 1.29 is 4.79 Å². The van der Waals surface area contributed by atoms with E-state index in [0.29, 0.717) is 5.57 Å². The summed E-state index contributed by atoms with van der Waals surface area (Å²) < 4.78 is 2.20. The predicted octanol–water partition coefficient (Wildman–Crippen LogP) is 2.82. The van der Waals surface area contributed by atoms with Crippen molar-refractivity contribution >= 4 is 5.91 Å². The molecule has 0 aromatic carbocycles. The number of aromatic nitrogens is 1. The minimum absolute atomic E-state index is 0.0164. The first kappa shape index (κ1) is 13.4. The molecule has 19 heavy (non-hydrogen) atoms. The first-order valence-corrected chi connectivity index (χ1v) is 6.88. The Labute approximate surface area is 114 Å². The average Bonchev–Trinajstić information content (AvgIpc) is 3.10. The number of allylic oxidation sites excluding steroid dienone is 1. The van der Waals surface area contributed by atoms with Crippen molar-refractivity contribution in [2.45, 2.75) is 32.2 Å². The van der Waals surface area contributed by atoms with Crippen molar-refractivity contribution in [3.05, 3.63) is 54.1 Å². The van der Waals surface area contributed by atoms with E-state index in [0.717, 1.165) is 25.9 Å². The molecule has 0 aliphatic heterocycles. The van der Waals surface area contributed by atoms with Gasteiger partial charge in [-0.3, -0.25) is 4.79 Å². The van der Waals surface area contributed by atoms with E-state index < -0.39 is 0 Å². The maximum atomic E-state index is 11.6. The number of carbonyl (C=O) groups is 1. The molecule has 3 nitrogen and oxygen atoms in total. The van der Waals surface area contributed by atoms with Crippen molar-refractivity contribution in [1.29, 1.82) is 0 Å². The summed E-state index contributed by atoms with van der Waals surface area (Å²) in [6.45, 7) is 1.84. The summed E-state index contributed by atoms with van der Waals surface area (Å²) in [5.41, 5.74) is 3.53. The molecule has 1 aromatic heterocycles. The van der Waals surface area contributed by atoms with Gasteiger partial charge in [0.15, 0.2) is 0 Å². The summed E-state index contributed by atoms with van der Waals surface area (Å²) in [5.74, 6) is -0.0164. The Bertz CT molecular complexity index is 491. The van der Waals surface area contributed by atoms with Crippen molar-refractivity contribution in [1.82, 2.24) is 9.88 Å². The van der Waals surface area contributed by atoms with Gasteiger partial charge in [0.25, 0.3) is 5.91 Å². The fourth-order valence-corrected chi connectivity index (χ4v) is 2.06. The Morgan fingerprint density at radius 3 is 2.68 bits per heavy atom. The van der Waals surface area contributed by atoms with E-state index in [2.05, 4.69) is 40.1 Å². The first-order chi connectivity index (χ1) is 9.36. The Morgan fingerprint density at radius 2 is 1.95 bits per heavy atom. The highest BCUT2D eigenvalue weighted by molar-refractivity contribution is 5.96. The maximum absolute atomic E-state index is 11.6. The quantitative estimate of drug-likeness (QED) is 0.563. The molecule has 0 saturated heterocycles. The summed E-state index contributed by atoms with van der Waals surface area (Å²) in [5, 5.41) is 2.91. The van der Waals surface area contributed by atoms with Crippen LogP contribution in [0.15, 0.2) is 54.1 Å². The molecular weight excluding hydrogens is 236 g/mol. The van der Waals surface area contributed by atoms with Crippen molar-refractivity contribution in [3.8, 4) is 0 Å². The fraction of sp³-hybridized carbons (Fsp3) is 0.375. The van der Waals surface area contributed by atoms with Gasteiger partial charge in [-0.25, -0.2) is 0 Å². The molecule has 0 atom stereocenters. The lowest BCUT2D eigenvalue weighted by molar-refractivity contribution is -0.117. The third kappa shape index (κ3) is 4.65. The van der Waals surface area contributed by atoms with Gasteiger partial charge in [-0.2, -0.15) is 0 Å². The summed E-state index contributed by atoms with van der Waals surface area (Å²) in [6.07, 6.45) is 14.2. The van der Waals surface area contributed by atoms with Crippen LogP contribution >= 0.6 is 0 Å². The van der Waals surface area contributed by atoms with Gasteiger partial charge in [-0.1, -0.05) is 18.9 Å². The molecule has 0 saturated carbocycles. The summed E-state index contributed by atoms with van der Waals surface area (Å²) in [4.78, 5) is 11.6. The predicted molar refractivity (Wildman–Crippen MR) is 76.6 cm³/mol. The van der Waals surface area contributed by atoms with Crippen LogP contribution in [-0.4, -0.2) is 17.0 Å². The molecule has 1 amide bonds. The van der Waals surface area contributed by atoms with Crippen LogP contribution in [0.5, 0.6) is 0 Å². The molecule has 1 aliphatic carbocycles. The molecule has 0 bridgehead atoms. The van der Waals surface area contributed by atoms with Gasteiger partial charge < -0.3 is 9.88 Å². The van der Waals surface area contributed by atoms with Gasteiger partial charge in [0, 0.05) is 25.5 Å². The molecule has 0 spiro atoms. The van der Waals surface area contributed by atoms with Crippen molar-refractivity contribution in [2.24, 2.45) is 0 Å². The zero-order chi connectivity index (χ0) is 13.3. The minimum atomic E-state index is -0.0164. The highest BCUT2D eigenvalue weighted by Gasteiger charge is 2.05. The second kappa shape index (κ2) is 7.45. The summed E-state index contributed by atoms with van der Waals surface area (Å²) in [7, 11) is 0. The Hall–Kier alpha value is -1.99. The van der Waals surface area contributed by atoms with Gasteiger partial charge in [0.05, 0.1) is 5.57 Å². The topological polar surface area (TPSA) is 34.0 Å². The van der Waals surface area contributed by atoms with Crippen LogP contribution in [0.2, 0.25) is 0 Å². The Balaban J connectivity index is 1.47. The van der Waals surface area contributed by atoms with Crippen LogP contribution in [0.4, 0.5) is 0 Å². The lowest BCUT2D eigenvalue weighted by Gasteiger charge is -2.05. The third-order valence-corrected chi connectivity index (χ3v) is 3.14. The molecule has 3 heteroatoms. The molecule has 0 fully saturated rings. The molecule has 0 radical (unpaired) electrons. The molecule has 100 valence electrons. The van der Waals surface area contributed by atoms with Crippen LogP contribution in [0.1, 0.15) is 25.7 Å². The van der Waals surface area contributed by atoms with Gasteiger partial charge in [-0.15, -0.1) is 5.73 Å². The monoisotopic (exact) mass is 256 g/mol. The number of unbranched alkanes of at least 4 members (excludes halogenated alkanes) is 3. The smallest absolute Gasteiger partial charge is 0.259 e. The zero-order valence-electron chi connectivity index (χ0n) is 11.1. The molecule has 1 heterocycles. The van der Waals surface area contributed by atoms with E-state index in [1.165, 1.54) is 12.8 Å². The molecule has 0 unspecified atom stereocenters. The number of carbonyl (C=O) groups excluding carboxylic acids is 1. The molecular formula is C16H20N2O. The Kier molecular flexibility index (Phi) is 5.27. The highest BCUT2D eigenvalue weighted by Crippen LogP contribution is 2.04. The minimum Gasteiger partial charge on any atom is -0.354 e. The second-order valence-corrected chi connectivity index (χ2v) is 4.67. The number of hydrogen-bond donors (Lipinski definition) is 1. The van der Waals surface area contributed by atoms with E-state index in [-0.39, 0.29) is 5.91 Å². The van der Waals surface area contributed by atoms with Gasteiger partial charge in [0.2, 0.25) is 0 Å². The molecule has 1 aliphatic rings. The zero-order valence-corrected chi connectivity index (χ0v) is 11.1. The summed E-state index contributed by atoms with van der Waals surface area (Å²) in [6, 6.07) is 4.10. The maximum Gasteiger partial charge on any atom is 0.259 e. The van der Waals surface area contributed by atoms with Crippen LogP contribution in [0, 0.1) is 0 Å². The lowest BCUT2D eigenvalue weighted by atomic mass is 10.2. The number of hydrogen-bond acceptors (Lipinski definition) is 1. The van der Waals surface area contributed by atoms with E-state index in [4.69, 9.17) is 0 Å². The largest absolute Gasteiger partial charge is 0.354 e. The van der Waals surface area contributed by atoms with Gasteiger partial charge in [-0.05, 0) is 37.1 Å². The molecule has 1 N–H and O–H groups in total. The van der Waals surface area contributed by atoms with Crippen LogP contribution in [-0.2, 0) is 11.3 Å². The lowest BCUT2D eigenvalue weighted by Crippen LogP contribution is -2.24. The van der Waals surface area contributed by atoms with Gasteiger partial charge >= 0.3 is 0 Å². The van der Waals surface area contributed by atoms with Crippen LogP contribution < -0.4 is 5.32 Å². The number of nitrogens with zero attached hydrogens (tertiary/aromatic N) is 1. The number of aryl methyl sites for hydroxylation is 1. The molecule has 2 rings (SSSR count). The average molecular weight is 256 g/mol. The van der Waals surface area contributed by atoms with Crippen LogP contribution in [0.3, 0.4) is 0 Å². The third-order valence-electron chi connectivity index (χ3n) is 3.14.